The second-order valence-electron chi connectivity index (χ2n) is 5.72. The molecule has 0 aliphatic carbocycles. The minimum absolute atomic E-state index is 0.272. The molecule has 0 atom stereocenters. The van der Waals surface area contributed by atoms with Gasteiger partial charge in [0.25, 0.3) is 5.91 Å². The quantitative estimate of drug-likeness (QED) is 0.829. The maximum Gasteiger partial charge on any atom is 0.340 e. The van der Waals surface area contributed by atoms with Crippen molar-refractivity contribution in [3.05, 3.63) is 53.7 Å². The normalized spacial score (nSPS) is 14.0. The van der Waals surface area contributed by atoms with Gasteiger partial charge >= 0.3 is 5.97 Å². The molecule has 26 heavy (non-hydrogen) atoms. The number of nitrogens with zero attached hydrogens (tertiary/aromatic N) is 2. The zero-order chi connectivity index (χ0) is 18.4. The van der Waals surface area contributed by atoms with Crippen LogP contribution in [0.3, 0.4) is 0 Å². The van der Waals surface area contributed by atoms with Crippen LogP contribution in [-0.2, 0) is 9.47 Å². The molecule has 1 aliphatic heterocycles. The zero-order valence-corrected chi connectivity index (χ0v) is 14.6. The van der Waals surface area contributed by atoms with Crippen molar-refractivity contribution in [2.45, 2.75) is 6.92 Å². The van der Waals surface area contributed by atoms with Gasteiger partial charge in [0.05, 0.1) is 31.1 Å². The number of hydrogen-bond donors (Lipinski definition) is 1. The summed E-state index contributed by atoms with van der Waals surface area (Å²) in [7, 11) is 0. The summed E-state index contributed by atoms with van der Waals surface area (Å²) in [5.41, 5.74) is 1.21. The van der Waals surface area contributed by atoms with Gasteiger partial charge in [-0.1, -0.05) is 12.1 Å². The molecule has 1 aliphatic rings. The van der Waals surface area contributed by atoms with E-state index in [2.05, 4.69) is 15.2 Å². The molecule has 0 spiro atoms. The number of nitrogens with one attached hydrogen (secondary N) is 1. The van der Waals surface area contributed by atoms with E-state index in [0.717, 1.165) is 18.9 Å². The number of ether oxygens (including phenoxy) is 2. The van der Waals surface area contributed by atoms with Crippen molar-refractivity contribution in [3.63, 3.8) is 0 Å². The number of pyridine rings is 1. The average Bonchev–Trinajstić information content (AvgIpc) is 2.69. The van der Waals surface area contributed by atoms with Gasteiger partial charge in [-0.05, 0) is 31.2 Å². The number of para-hydroxylation sites is 1. The number of carbonyl (C=O) groups is 2. The topological polar surface area (TPSA) is 80.8 Å². The minimum atomic E-state index is -0.466. The smallest absolute Gasteiger partial charge is 0.340 e. The third-order valence-electron chi connectivity index (χ3n) is 4.01. The Morgan fingerprint density at radius 2 is 2.00 bits per heavy atom. The Bertz CT molecular complexity index is 788. The summed E-state index contributed by atoms with van der Waals surface area (Å²) in [5.74, 6) is -0.0366. The Morgan fingerprint density at radius 1 is 1.23 bits per heavy atom. The van der Waals surface area contributed by atoms with Gasteiger partial charge in [-0.15, -0.1) is 0 Å². The predicted octanol–water partition coefficient (Wildman–Crippen LogP) is 2.35. The summed E-state index contributed by atoms with van der Waals surface area (Å²) in [4.78, 5) is 31.1. The largest absolute Gasteiger partial charge is 0.462 e. The second kappa shape index (κ2) is 8.44. The fourth-order valence-corrected chi connectivity index (χ4v) is 2.70. The summed E-state index contributed by atoms with van der Waals surface area (Å²) in [6.45, 7) is 4.78. The van der Waals surface area contributed by atoms with Crippen molar-refractivity contribution >= 4 is 23.4 Å². The summed E-state index contributed by atoms with van der Waals surface area (Å²) in [5, 5.41) is 2.79. The standard InChI is InChI=1S/C19H21N3O4/c1-2-26-19(24)15-5-3-4-6-16(15)21-18(23)14-7-8-20-17(13-14)22-9-11-25-12-10-22/h3-8,13H,2,9-12H2,1H3,(H,21,23). The predicted molar refractivity (Wildman–Crippen MR) is 97.6 cm³/mol. The summed E-state index contributed by atoms with van der Waals surface area (Å²) in [6, 6.07) is 10.2. The Balaban J connectivity index is 1.77. The highest BCUT2D eigenvalue weighted by molar-refractivity contribution is 6.08. The Morgan fingerprint density at radius 3 is 2.77 bits per heavy atom. The maximum absolute atomic E-state index is 12.6. The fraction of sp³-hybridized carbons (Fsp3) is 0.316. The van der Waals surface area contributed by atoms with E-state index < -0.39 is 5.97 Å². The molecule has 136 valence electrons. The number of benzene rings is 1. The van der Waals surface area contributed by atoms with E-state index in [1.54, 1.807) is 49.5 Å². The van der Waals surface area contributed by atoms with Gasteiger partial charge in [0.1, 0.15) is 5.82 Å². The van der Waals surface area contributed by atoms with E-state index in [1.807, 2.05) is 0 Å². The van der Waals surface area contributed by atoms with Gasteiger partial charge in [0.2, 0.25) is 0 Å². The van der Waals surface area contributed by atoms with E-state index in [4.69, 9.17) is 9.47 Å². The summed E-state index contributed by atoms with van der Waals surface area (Å²) < 4.78 is 10.4. The van der Waals surface area contributed by atoms with E-state index in [0.29, 0.717) is 30.0 Å². The number of morpholine rings is 1. The molecule has 7 nitrogen and oxygen atoms in total. The lowest BCUT2D eigenvalue weighted by Crippen LogP contribution is -2.36. The van der Waals surface area contributed by atoms with Crippen molar-refractivity contribution in [2.75, 3.05) is 43.1 Å². The molecular weight excluding hydrogens is 334 g/mol. The van der Waals surface area contributed by atoms with Gasteiger partial charge in [-0.25, -0.2) is 9.78 Å². The van der Waals surface area contributed by atoms with Crippen molar-refractivity contribution in [3.8, 4) is 0 Å². The number of hydrogen-bond acceptors (Lipinski definition) is 6. The molecule has 0 radical (unpaired) electrons. The molecule has 3 rings (SSSR count). The van der Waals surface area contributed by atoms with E-state index in [-0.39, 0.29) is 12.5 Å². The number of esters is 1. The van der Waals surface area contributed by atoms with E-state index in [1.165, 1.54) is 0 Å². The Labute approximate surface area is 151 Å². The molecule has 1 fully saturated rings. The van der Waals surface area contributed by atoms with Crippen molar-refractivity contribution in [2.24, 2.45) is 0 Å². The maximum atomic E-state index is 12.6. The summed E-state index contributed by atoms with van der Waals surface area (Å²) >= 11 is 0. The first-order valence-corrected chi connectivity index (χ1v) is 8.55. The molecule has 0 saturated carbocycles. The van der Waals surface area contributed by atoms with Crippen LogP contribution >= 0.6 is 0 Å². The van der Waals surface area contributed by atoms with Crippen LogP contribution in [0.2, 0.25) is 0 Å². The van der Waals surface area contributed by atoms with Crippen LogP contribution in [0.15, 0.2) is 42.6 Å². The zero-order valence-electron chi connectivity index (χ0n) is 14.6. The fourth-order valence-electron chi connectivity index (χ4n) is 2.70. The average molecular weight is 355 g/mol. The lowest BCUT2D eigenvalue weighted by molar-refractivity contribution is 0.0527. The molecule has 1 amide bonds. The molecule has 0 unspecified atom stereocenters. The van der Waals surface area contributed by atoms with E-state index >= 15 is 0 Å². The first-order valence-electron chi connectivity index (χ1n) is 8.55. The second-order valence-corrected chi connectivity index (χ2v) is 5.72. The monoisotopic (exact) mass is 355 g/mol. The molecular formula is C19H21N3O4. The van der Waals surface area contributed by atoms with Gasteiger partial charge in [0.15, 0.2) is 0 Å². The molecule has 1 saturated heterocycles. The van der Waals surface area contributed by atoms with Crippen LogP contribution in [-0.4, -0.2) is 49.8 Å². The van der Waals surface area contributed by atoms with Crippen LogP contribution in [0.25, 0.3) is 0 Å². The van der Waals surface area contributed by atoms with Crippen molar-refractivity contribution in [1.82, 2.24) is 4.98 Å². The Hall–Kier alpha value is -2.93. The van der Waals surface area contributed by atoms with Crippen LogP contribution in [0.5, 0.6) is 0 Å². The highest BCUT2D eigenvalue weighted by Crippen LogP contribution is 2.19. The number of anilines is 2. The summed E-state index contributed by atoms with van der Waals surface area (Å²) in [6.07, 6.45) is 1.61. The highest BCUT2D eigenvalue weighted by Gasteiger charge is 2.17. The van der Waals surface area contributed by atoms with Crippen LogP contribution in [0.4, 0.5) is 11.5 Å². The van der Waals surface area contributed by atoms with Crippen molar-refractivity contribution < 1.29 is 19.1 Å². The SMILES string of the molecule is CCOC(=O)c1ccccc1NC(=O)c1ccnc(N2CCOCC2)c1. The molecule has 0 bridgehead atoms. The lowest BCUT2D eigenvalue weighted by Gasteiger charge is -2.27. The minimum Gasteiger partial charge on any atom is -0.462 e. The molecule has 2 heterocycles. The van der Waals surface area contributed by atoms with Crippen LogP contribution in [0.1, 0.15) is 27.6 Å². The first kappa shape index (κ1) is 17.9. The molecule has 1 aromatic carbocycles. The van der Waals surface area contributed by atoms with Gasteiger partial charge in [-0.3, -0.25) is 4.79 Å². The molecule has 7 heteroatoms. The van der Waals surface area contributed by atoms with Crippen LogP contribution in [0, 0.1) is 0 Å². The number of amides is 1. The number of rotatable bonds is 5. The molecule has 1 aromatic heterocycles. The van der Waals surface area contributed by atoms with Gasteiger partial charge in [-0.2, -0.15) is 0 Å². The van der Waals surface area contributed by atoms with Crippen LogP contribution < -0.4 is 10.2 Å². The van der Waals surface area contributed by atoms with E-state index in [9.17, 15) is 9.59 Å². The van der Waals surface area contributed by atoms with Gasteiger partial charge < -0.3 is 19.7 Å². The third-order valence-corrected chi connectivity index (χ3v) is 4.01. The first-order chi connectivity index (χ1) is 12.7. The highest BCUT2D eigenvalue weighted by atomic mass is 16.5. The number of carbonyl (C=O) groups excluding carboxylic acids is 2. The number of aromatic nitrogens is 1. The third kappa shape index (κ3) is 4.18. The lowest BCUT2D eigenvalue weighted by atomic mass is 10.1. The van der Waals surface area contributed by atoms with Crippen molar-refractivity contribution in [1.29, 1.82) is 0 Å². The molecule has 1 N–H and O–H groups in total. The Kier molecular flexibility index (Phi) is 5.80. The molecule has 2 aromatic rings. The van der Waals surface area contributed by atoms with Gasteiger partial charge in [0, 0.05) is 24.8 Å².